The van der Waals surface area contributed by atoms with E-state index in [1.807, 2.05) is 39.0 Å². The largest absolute Gasteiger partial charge is 0.486 e. The summed E-state index contributed by atoms with van der Waals surface area (Å²) >= 11 is 0. The van der Waals surface area contributed by atoms with Gasteiger partial charge in [0.15, 0.2) is 11.5 Å². The zero-order chi connectivity index (χ0) is 15.2. The maximum atomic E-state index is 12.0. The Morgan fingerprint density at radius 2 is 1.95 bits per heavy atom. The van der Waals surface area contributed by atoms with Crippen molar-refractivity contribution < 1.29 is 14.3 Å². The Kier molecular flexibility index (Phi) is 5.44. The van der Waals surface area contributed by atoms with Gasteiger partial charge in [-0.05, 0) is 38.1 Å². The molecule has 116 valence electrons. The molecule has 1 aliphatic heterocycles. The average Bonchev–Trinajstić information content (AvgIpc) is 2.46. The Balaban J connectivity index is 1.93. The molecule has 0 saturated carbocycles. The molecule has 2 atom stereocenters. The smallest absolute Gasteiger partial charge is 0.222 e. The number of nitrogens with one attached hydrogen (secondary N) is 2. The first-order valence-corrected chi connectivity index (χ1v) is 7.52. The molecule has 0 aliphatic carbocycles. The van der Waals surface area contributed by atoms with Gasteiger partial charge in [-0.1, -0.05) is 13.0 Å². The Morgan fingerprint density at radius 1 is 1.24 bits per heavy atom. The summed E-state index contributed by atoms with van der Waals surface area (Å²) in [5.41, 5.74) is 1.02. The van der Waals surface area contributed by atoms with Crippen molar-refractivity contribution in [2.45, 2.75) is 39.3 Å². The van der Waals surface area contributed by atoms with Gasteiger partial charge >= 0.3 is 0 Å². The Morgan fingerprint density at radius 3 is 2.67 bits per heavy atom. The molecule has 5 heteroatoms. The quantitative estimate of drug-likeness (QED) is 0.842. The predicted octanol–water partition coefficient (Wildman–Crippen LogP) is 2.02. The standard InChI is InChI=1S/C16H24N2O3/c1-4-17-11(2)9-16(19)18-12(3)13-5-6-14-15(10-13)21-8-7-20-14/h5-6,10-12,17H,4,7-9H2,1-3H3,(H,18,19). The first-order chi connectivity index (χ1) is 10.1. The highest BCUT2D eigenvalue weighted by molar-refractivity contribution is 5.77. The van der Waals surface area contributed by atoms with Crippen LogP contribution in [0, 0.1) is 0 Å². The van der Waals surface area contributed by atoms with Crippen LogP contribution in [-0.2, 0) is 4.79 Å². The fourth-order valence-corrected chi connectivity index (χ4v) is 2.41. The number of amides is 1. The van der Waals surface area contributed by atoms with Gasteiger partial charge in [0.1, 0.15) is 13.2 Å². The number of hydrogen-bond donors (Lipinski definition) is 2. The van der Waals surface area contributed by atoms with Gasteiger partial charge < -0.3 is 20.1 Å². The molecule has 1 aromatic carbocycles. The molecular formula is C16H24N2O3. The lowest BCUT2D eigenvalue weighted by Gasteiger charge is -2.21. The van der Waals surface area contributed by atoms with Gasteiger partial charge in [-0.2, -0.15) is 0 Å². The van der Waals surface area contributed by atoms with E-state index < -0.39 is 0 Å². The lowest BCUT2D eigenvalue weighted by atomic mass is 10.1. The Hall–Kier alpha value is -1.75. The molecule has 1 heterocycles. The van der Waals surface area contributed by atoms with Gasteiger partial charge in [0, 0.05) is 12.5 Å². The molecular weight excluding hydrogens is 268 g/mol. The number of hydrogen-bond acceptors (Lipinski definition) is 4. The molecule has 1 amide bonds. The summed E-state index contributed by atoms with van der Waals surface area (Å²) in [6.45, 7) is 8.04. The van der Waals surface area contributed by atoms with E-state index in [1.165, 1.54) is 0 Å². The molecule has 1 aromatic rings. The molecule has 2 unspecified atom stereocenters. The minimum Gasteiger partial charge on any atom is -0.486 e. The number of benzene rings is 1. The van der Waals surface area contributed by atoms with E-state index in [-0.39, 0.29) is 18.0 Å². The summed E-state index contributed by atoms with van der Waals surface area (Å²) in [4.78, 5) is 12.0. The molecule has 21 heavy (non-hydrogen) atoms. The van der Waals surface area contributed by atoms with E-state index >= 15 is 0 Å². The van der Waals surface area contributed by atoms with Crippen molar-refractivity contribution in [3.05, 3.63) is 23.8 Å². The molecule has 2 rings (SSSR count). The van der Waals surface area contributed by atoms with Crippen LogP contribution in [0.25, 0.3) is 0 Å². The summed E-state index contributed by atoms with van der Waals surface area (Å²) in [5.74, 6) is 1.57. The summed E-state index contributed by atoms with van der Waals surface area (Å²) in [7, 11) is 0. The van der Waals surface area contributed by atoms with Crippen LogP contribution in [0.1, 0.15) is 38.8 Å². The van der Waals surface area contributed by atoms with Crippen molar-refractivity contribution in [1.82, 2.24) is 10.6 Å². The van der Waals surface area contributed by atoms with Crippen LogP contribution in [0.5, 0.6) is 11.5 Å². The fourth-order valence-electron chi connectivity index (χ4n) is 2.41. The van der Waals surface area contributed by atoms with Gasteiger partial charge in [0.2, 0.25) is 5.91 Å². The third kappa shape index (κ3) is 4.36. The average molecular weight is 292 g/mol. The molecule has 1 aliphatic rings. The normalized spacial score (nSPS) is 16.1. The highest BCUT2D eigenvalue weighted by atomic mass is 16.6. The van der Waals surface area contributed by atoms with E-state index in [2.05, 4.69) is 10.6 Å². The highest BCUT2D eigenvalue weighted by Crippen LogP contribution is 2.32. The molecule has 2 N–H and O–H groups in total. The van der Waals surface area contributed by atoms with Gasteiger partial charge in [-0.3, -0.25) is 4.79 Å². The second-order valence-electron chi connectivity index (χ2n) is 5.36. The minimum atomic E-state index is -0.0536. The number of fused-ring (bicyclic) bond motifs is 1. The summed E-state index contributed by atoms with van der Waals surface area (Å²) < 4.78 is 11.1. The fraction of sp³-hybridized carbons (Fsp3) is 0.562. The second-order valence-corrected chi connectivity index (χ2v) is 5.36. The summed E-state index contributed by atoms with van der Waals surface area (Å²) in [6.07, 6.45) is 0.475. The lowest BCUT2D eigenvalue weighted by Crippen LogP contribution is -2.34. The zero-order valence-electron chi connectivity index (χ0n) is 12.9. The zero-order valence-corrected chi connectivity index (χ0v) is 12.9. The van der Waals surface area contributed by atoms with Crippen LogP contribution in [0.4, 0.5) is 0 Å². The van der Waals surface area contributed by atoms with E-state index in [4.69, 9.17) is 9.47 Å². The van der Waals surface area contributed by atoms with Gasteiger partial charge in [-0.25, -0.2) is 0 Å². The second kappa shape index (κ2) is 7.31. The van der Waals surface area contributed by atoms with E-state index in [0.29, 0.717) is 19.6 Å². The van der Waals surface area contributed by atoms with E-state index in [0.717, 1.165) is 23.6 Å². The number of ether oxygens (including phenoxy) is 2. The van der Waals surface area contributed by atoms with Crippen molar-refractivity contribution >= 4 is 5.91 Å². The molecule has 0 saturated heterocycles. The van der Waals surface area contributed by atoms with Crippen LogP contribution in [0.2, 0.25) is 0 Å². The maximum absolute atomic E-state index is 12.0. The Bertz CT molecular complexity index is 490. The van der Waals surface area contributed by atoms with Gasteiger partial charge in [0.05, 0.1) is 6.04 Å². The summed E-state index contributed by atoms with van der Waals surface area (Å²) in [6, 6.07) is 5.93. The van der Waals surface area contributed by atoms with Crippen LogP contribution < -0.4 is 20.1 Å². The minimum absolute atomic E-state index is 0.0471. The molecule has 0 radical (unpaired) electrons. The van der Waals surface area contributed by atoms with Gasteiger partial charge in [0.25, 0.3) is 0 Å². The van der Waals surface area contributed by atoms with Crippen molar-refractivity contribution in [2.75, 3.05) is 19.8 Å². The first-order valence-electron chi connectivity index (χ1n) is 7.52. The number of rotatable bonds is 6. The number of carbonyl (C=O) groups excluding carboxylic acids is 1. The molecule has 0 aromatic heterocycles. The van der Waals surface area contributed by atoms with Crippen LogP contribution in [0.3, 0.4) is 0 Å². The monoisotopic (exact) mass is 292 g/mol. The first kappa shape index (κ1) is 15.6. The van der Waals surface area contributed by atoms with Crippen molar-refractivity contribution in [3.63, 3.8) is 0 Å². The van der Waals surface area contributed by atoms with Gasteiger partial charge in [-0.15, -0.1) is 0 Å². The molecule has 0 bridgehead atoms. The maximum Gasteiger partial charge on any atom is 0.222 e. The predicted molar refractivity (Wildman–Crippen MR) is 81.7 cm³/mol. The SMILES string of the molecule is CCNC(C)CC(=O)NC(C)c1ccc2c(c1)OCCO2. The van der Waals surface area contributed by atoms with Crippen LogP contribution in [0.15, 0.2) is 18.2 Å². The Labute approximate surface area is 126 Å². The third-order valence-corrected chi connectivity index (χ3v) is 3.49. The molecule has 0 spiro atoms. The molecule has 0 fully saturated rings. The topological polar surface area (TPSA) is 59.6 Å². The van der Waals surface area contributed by atoms with Crippen LogP contribution >= 0.6 is 0 Å². The molecule has 5 nitrogen and oxygen atoms in total. The number of carbonyl (C=O) groups is 1. The van der Waals surface area contributed by atoms with Crippen molar-refractivity contribution in [2.24, 2.45) is 0 Å². The third-order valence-electron chi connectivity index (χ3n) is 3.49. The summed E-state index contributed by atoms with van der Waals surface area (Å²) in [5, 5.41) is 6.25. The van der Waals surface area contributed by atoms with Crippen LogP contribution in [-0.4, -0.2) is 31.7 Å². The van der Waals surface area contributed by atoms with Crippen molar-refractivity contribution in [1.29, 1.82) is 0 Å². The van der Waals surface area contributed by atoms with Crippen molar-refractivity contribution in [3.8, 4) is 11.5 Å². The lowest BCUT2D eigenvalue weighted by molar-refractivity contribution is -0.122. The highest BCUT2D eigenvalue weighted by Gasteiger charge is 2.16. The van der Waals surface area contributed by atoms with E-state index in [1.54, 1.807) is 0 Å². The van der Waals surface area contributed by atoms with E-state index in [9.17, 15) is 4.79 Å².